The van der Waals surface area contributed by atoms with Gasteiger partial charge in [0.25, 0.3) is 0 Å². The van der Waals surface area contributed by atoms with E-state index in [1.165, 1.54) is 12.1 Å². The van der Waals surface area contributed by atoms with Gasteiger partial charge in [-0.05, 0) is 50.1 Å². The fourth-order valence-corrected chi connectivity index (χ4v) is 2.09. The van der Waals surface area contributed by atoms with Crippen LogP contribution in [0.15, 0.2) is 18.2 Å². The van der Waals surface area contributed by atoms with Gasteiger partial charge in [-0.15, -0.1) is 0 Å². The van der Waals surface area contributed by atoms with Gasteiger partial charge < -0.3 is 16.0 Å². The maximum atomic E-state index is 12.9. The van der Waals surface area contributed by atoms with Crippen molar-refractivity contribution in [3.63, 3.8) is 0 Å². The van der Waals surface area contributed by atoms with Gasteiger partial charge in [0.1, 0.15) is 5.82 Å². The minimum Gasteiger partial charge on any atom is -0.334 e. The molecule has 1 fully saturated rings. The van der Waals surface area contributed by atoms with Crippen LogP contribution in [0.2, 0.25) is 0 Å². The number of carbonyl (C=O) groups is 1. The van der Waals surface area contributed by atoms with Gasteiger partial charge in [-0.1, -0.05) is 0 Å². The van der Waals surface area contributed by atoms with E-state index in [1.54, 1.807) is 13.0 Å². The average Bonchev–Trinajstić information content (AvgIpc) is 2.34. The topological polar surface area (TPSA) is 53.2 Å². The third kappa shape index (κ3) is 3.43. The number of amides is 2. The number of benzene rings is 1. The maximum Gasteiger partial charge on any atom is 0.319 e. The molecule has 0 saturated carbocycles. The zero-order valence-electron chi connectivity index (χ0n) is 10.4. The highest BCUT2D eigenvalue weighted by molar-refractivity contribution is 5.90. The van der Waals surface area contributed by atoms with Crippen LogP contribution in [0, 0.1) is 12.7 Å². The SMILES string of the molecule is Cc1cc(F)ccc1NC(=O)NC1CCCNC1. The van der Waals surface area contributed by atoms with E-state index < -0.39 is 0 Å². The molecule has 3 N–H and O–H groups in total. The Balaban J connectivity index is 1.90. The van der Waals surface area contributed by atoms with Crippen LogP contribution in [0.25, 0.3) is 0 Å². The molecule has 0 aliphatic carbocycles. The van der Waals surface area contributed by atoms with E-state index in [2.05, 4.69) is 16.0 Å². The Morgan fingerprint density at radius 2 is 2.33 bits per heavy atom. The van der Waals surface area contributed by atoms with Gasteiger partial charge in [0, 0.05) is 18.3 Å². The summed E-state index contributed by atoms with van der Waals surface area (Å²) in [6.07, 6.45) is 2.06. The summed E-state index contributed by atoms with van der Waals surface area (Å²) in [7, 11) is 0. The number of anilines is 1. The molecule has 0 spiro atoms. The van der Waals surface area contributed by atoms with Crippen molar-refractivity contribution in [2.75, 3.05) is 18.4 Å². The molecule has 98 valence electrons. The smallest absolute Gasteiger partial charge is 0.319 e. The predicted octanol–water partition coefficient (Wildman–Crippen LogP) is 2.01. The predicted molar refractivity (Wildman–Crippen MR) is 69.2 cm³/mol. The van der Waals surface area contributed by atoms with Gasteiger partial charge in [-0.2, -0.15) is 0 Å². The van der Waals surface area contributed by atoms with Crippen molar-refractivity contribution in [2.45, 2.75) is 25.8 Å². The fraction of sp³-hybridized carbons (Fsp3) is 0.462. The molecule has 18 heavy (non-hydrogen) atoms. The third-order valence-electron chi connectivity index (χ3n) is 3.07. The molecule has 0 aromatic heterocycles. The standard InChI is InChI=1S/C13H18FN3O/c1-9-7-10(14)4-5-12(9)17-13(18)16-11-3-2-6-15-8-11/h4-5,7,11,15H,2-3,6,8H2,1H3,(H2,16,17,18). The Hall–Kier alpha value is -1.62. The van der Waals surface area contributed by atoms with Crippen LogP contribution >= 0.6 is 0 Å². The van der Waals surface area contributed by atoms with Gasteiger partial charge in [-0.25, -0.2) is 9.18 Å². The number of halogens is 1. The third-order valence-corrected chi connectivity index (χ3v) is 3.07. The van der Waals surface area contributed by atoms with Crippen molar-refractivity contribution in [1.82, 2.24) is 10.6 Å². The monoisotopic (exact) mass is 251 g/mol. The highest BCUT2D eigenvalue weighted by Crippen LogP contribution is 2.15. The summed E-state index contributed by atoms with van der Waals surface area (Å²) < 4.78 is 12.9. The second kappa shape index (κ2) is 5.82. The van der Waals surface area contributed by atoms with Gasteiger partial charge in [0.2, 0.25) is 0 Å². The zero-order chi connectivity index (χ0) is 13.0. The van der Waals surface area contributed by atoms with Crippen LogP contribution in [0.1, 0.15) is 18.4 Å². The lowest BCUT2D eigenvalue weighted by Gasteiger charge is -2.24. The largest absolute Gasteiger partial charge is 0.334 e. The molecular weight excluding hydrogens is 233 g/mol. The lowest BCUT2D eigenvalue weighted by Crippen LogP contribution is -2.47. The summed E-state index contributed by atoms with van der Waals surface area (Å²) in [6.45, 7) is 3.58. The number of hydrogen-bond acceptors (Lipinski definition) is 2. The van der Waals surface area contributed by atoms with Crippen molar-refractivity contribution in [3.05, 3.63) is 29.6 Å². The minimum atomic E-state index is -0.296. The zero-order valence-corrected chi connectivity index (χ0v) is 10.4. The number of aryl methyl sites for hydroxylation is 1. The molecule has 0 bridgehead atoms. The van der Waals surface area contributed by atoms with E-state index in [-0.39, 0.29) is 17.9 Å². The molecule has 1 aliphatic rings. The summed E-state index contributed by atoms with van der Waals surface area (Å²) in [5.41, 5.74) is 1.35. The molecule has 2 amide bonds. The van der Waals surface area contributed by atoms with Crippen LogP contribution in [0.5, 0.6) is 0 Å². The van der Waals surface area contributed by atoms with Crippen molar-refractivity contribution in [1.29, 1.82) is 0 Å². The van der Waals surface area contributed by atoms with E-state index in [0.717, 1.165) is 25.9 Å². The van der Waals surface area contributed by atoms with Crippen LogP contribution < -0.4 is 16.0 Å². The first-order valence-electron chi connectivity index (χ1n) is 6.19. The maximum absolute atomic E-state index is 12.9. The Kier molecular flexibility index (Phi) is 4.15. The lowest BCUT2D eigenvalue weighted by atomic mass is 10.1. The number of rotatable bonds is 2. The van der Waals surface area contributed by atoms with Gasteiger partial charge in [0.05, 0.1) is 0 Å². The number of urea groups is 1. The number of nitrogens with one attached hydrogen (secondary N) is 3. The summed E-state index contributed by atoms with van der Waals surface area (Å²) in [4.78, 5) is 11.8. The van der Waals surface area contributed by atoms with Crippen molar-refractivity contribution in [3.8, 4) is 0 Å². The fourth-order valence-electron chi connectivity index (χ4n) is 2.09. The van der Waals surface area contributed by atoms with Crippen molar-refractivity contribution < 1.29 is 9.18 Å². The minimum absolute atomic E-state index is 0.166. The molecule has 4 nitrogen and oxygen atoms in total. The first-order chi connectivity index (χ1) is 8.65. The molecule has 1 saturated heterocycles. The van der Waals surface area contributed by atoms with E-state index in [0.29, 0.717) is 11.3 Å². The number of carbonyl (C=O) groups excluding carboxylic acids is 1. The first kappa shape index (κ1) is 12.8. The van der Waals surface area contributed by atoms with Crippen molar-refractivity contribution >= 4 is 11.7 Å². The first-order valence-corrected chi connectivity index (χ1v) is 6.19. The van der Waals surface area contributed by atoms with Crippen LogP contribution in [-0.2, 0) is 0 Å². The molecule has 0 radical (unpaired) electrons. The Labute approximate surface area is 106 Å². The van der Waals surface area contributed by atoms with E-state index in [1.807, 2.05) is 0 Å². The Morgan fingerprint density at radius 3 is 3.00 bits per heavy atom. The van der Waals surface area contributed by atoms with Gasteiger partial charge >= 0.3 is 6.03 Å². The summed E-state index contributed by atoms with van der Waals surface area (Å²) in [5, 5.41) is 8.87. The second-order valence-electron chi connectivity index (χ2n) is 4.60. The van der Waals surface area contributed by atoms with Crippen LogP contribution in [-0.4, -0.2) is 25.2 Å². The lowest BCUT2D eigenvalue weighted by molar-refractivity contribution is 0.245. The summed E-state index contributed by atoms with van der Waals surface area (Å²) >= 11 is 0. The average molecular weight is 251 g/mol. The normalized spacial score (nSPS) is 19.3. The number of hydrogen-bond donors (Lipinski definition) is 3. The number of piperidine rings is 1. The molecule has 2 rings (SSSR count). The summed E-state index contributed by atoms with van der Waals surface area (Å²) in [5.74, 6) is -0.296. The molecule has 1 aromatic carbocycles. The molecule has 1 unspecified atom stereocenters. The van der Waals surface area contributed by atoms with Crippen molar-refractivity contribution in [2.24, 2.45) is 0 Å². The van der Waals surface area contributed by atoms with E-state index >= 15 is 0 Å². The highest BCUT2D eigenvalue weighted by Gasteiger charge is 2.15. The van der Waals surface area contributed by atoms with E-state index in [9.17, 15) is 9.18 Å². The Morgan fingerprint density at radius 1 is 1.50 bits per heavy atom. The molecule has 1 aromatic rings. The van der Waals surface area contributed by atoms with Crippen LogP contribution in [0.3, 0.4) is 0 Å². The quantitative estimate of drug-likeness (QED) is 0.753. The molecule has 1 atom stereocenters. The van der Waals surface area contributed by atoms with E-state index in [4.69, 9.17) is 0 Å². The summed E-state index contributed by atoms with van der Waals surface area (Å²) in [6, 6.07) is 4.24. The van der Waals surface area contributed by atoms with Crippen LogP contribution in [0.4, 0.5) is 14.9 Å². The molecular formula is C13H18FN3O. The Bertz CT molecular complexity index is 430. The highest BCUT2D eigenvalue weighted by atomic mass is 19.1. The second-order valence-corrected chi connectivity index (χ2v) is 4.60. The molecule has 5 heteroatoms. The molecule has 1 aliphatic heterocycles. The molecule has 1 heterocycles. The van der Waals surface area contributed by atoms with Gasteiger partial charge in [-0.3, -0.25) is 0 Å². The van der Waals surface area contributed by atoms with Gasteiger partial charge in [0.15, 0.2) is 0 Å².